The molecule has 1 saturated heterocycles. The molecule has 0 aliphatic carbocycles. The number of nitrogen functional groups attached to an aromatic ring is 1. The minimum absolute atomic E-state index is 0.0758. The van der Waals surface area contributed by atoms with Crippen LogP contribution in [0, 0.1) is 5.82 Å². The van der Waals surface area contributed by atoms with Crippen molar-refractivity contribution in [2.45, 2.75) is 39.1 Å². The van der Waals surface area contributed by atoms with Crippen LogP contribution in [-0.4, -0.2) is 17.1 Å². The van der Waals surface area contributed by atoms with E-state index in [1.807, 2.05) is 20.8 Å². The molecule has 2 N–H and O–H groups in total. The maximum Gasteiger partial charge on any atom is 0.123 e. The molecule has 0 bridgehead atoms. The van der Waals surface area contributed by atoms with Gasteiger partial charge in [-0.3, -0.25) is 0 Å². The highest BCUT2D eigenvalue weighted by Gasteiger charge is 2.40. The van der Waals surface area contributed by atoms with E-state index in [-0.39, 0.29) is 18.5 Å². The molecule has 0 amide bonds. The van der Waals surface area contributed by atoms with Gasteiger partial charge in [-0.1, -0.05) is 0 Å². The molecule has 5 nitrogen and oxygen atoms in total. The maximum absolute atomic E-state index is 13.0. The van der Waals surface area contributed by atoms with E-state index in [9.17, 15) is 4.39 Å². The van der Waals surface area contributed by atoms with E-state index in [0.717, 1.165) is 5.39 Å². The predicted molar refractivity (Wildman–Crippen MR) is 63.2 cm³/mol. The Kier molecular flexibility index (Phi) is 3.54. The largest absolute Gasteiger partial charge is 0.398 e. The lowest BCUT2D eigenvalue weighted by Gasteiger charge is -2.17. The highest BCUT2D eigenvalue weighted by molar-refractivity contribution is 5.46. The van der Waals surface area contributed by atoms with Gasteiger partial charge in [-0.25, -0.2) is 18.9 Å². The molecule has 1 atom stereocenters. The van der Waals surface area contributed by atoms with Gasteiger partial charge >= 0.3 is 0 Å². The van der Waals surface area contributed by atoms with Crippen LogP contribution >= 0.6 is 0 Å². The highest BCUT2D eigenvalue weighted by atomic mass is 19.1. The Hall–Kier alpha value is -1.21. The van der Waals surface area contributed by atoms with E-state index >= 15 is 0 Å². The molecular weight excluding hydrogens is 239 g/mol. The Balaban J connectivity index is 1.95. The van der Waals surface area contributed by atoms with Crippen molar-refractivity contribution >= 4 is 5.69 Å². The lowest BCUT2D eigenvalue weighted by Crippen LogP contribution is -2.30. The molecule has 1 aliphatic rings. The van der Waals surface area contributed by atoms with Gasteiger partial charge in [0.1, 0.15) is 24.1 Å². The quantitative estimate of drug-likeness (QED) is 0.840. The van der Waals surface area contributed by atoms with Gasteiger partial charge in [0, 0.05) is 11.3 Å². The molecule has 1 aliphatic heterocycles. The first-order valence-electron chi connectivity index (χ1n) is 5.71. The number of anilines is 1. The van der Waals surface area contributed by atoms with Gasteiger partial charge in [-0.2, -0.15) is 0 Å². The first-order chi connectivity index (χ1) is 8.38. The maximum atomic E-state index is 13.0. The van der Waals surface area contributed by atoms with Crippen LogP contribution in [0.1, 0.15) is 26.3 Å². The number of nitrogens with two attached hydrogens (primary N) is 1. The van der Waals surface area contributed by atoms with Crippen LogP contribution in [0.15, 0.2) is 18.2 Å². The molecule has 2 rings (SSSR count). The summed E-state index contributed by atoms with van der Waals surface area (Å²) in [5.41, 5.74) is 6.25. The number of halogens is 1. The fraction of sp³-hybridized carbons (Fsp3) is 0.500. The second-order valence-corrected chi connectivity index (χ2v) is 4.78. The summed E-state index contributed by atoms with van der Waals surface area (Å²) < 4.78 is 13.0. The zero-order chi connectivity index (χ0) is 13.3. The summed E-state index contributed by atoms with van der Waals surface area (Å²) in [6, 6.07) is 4.11. The Morgan fingerprint density at radius 2 is 2.22 bits per heavy atom. The van der Waals surface area contributed by atoms with E-state index < -0.39 is 5.60 Å². The summed E-state index contributed by atoms with van der Waals surface area (Å²) in [5, 5.41) is 0.953. The summed E-state index contributed by atoms with van der Waals surface area (Å²) in [4.78, 5) is 16.0. The summed E-state index contributed by atoms with van der Waals surface area (Å²) >= 11 is 0. The van der Waals surface area contributed by atoms with Gasteiger partial charge < -0.3 is 5.73 Å². The van der Waals surface area contributed by atoms with Crippen LogP contribution in [-0.2, 0) is 21.1 Å². The highest BCUT2D eigenvalue weighted by Crippen LogP contribution is 2.28. The Morgan fingerprint density at radius 3 is 2.83 bits per heavy atom. The molecular formula is C12H17FN2O3. The lowest BCUT2D eigenvalue weighted by atomic mass is 10.0. The molecule has 1 aromatic rings. The molecule has 0 radical (unpaired) electrons. The van der Waals surface area contributed by atoms with Crippen LogP contribution in [0.3, 0.4) is 0 Å². The second kappa shape index (κ2) is 4.81. The lowest BCUT2D eigenvalue weighted by molar-refractivity contribution is -0.500. The minimum atomic E-state index is -0.465. The Bertz CT molecular complexity index is 439. The fourth-order valence-electron chi connectivity index (χ4n) is 1.42. The third-order valence-corrected chi connectivity index (χ3v) is 2.96. The summed E-state index contributed by atoms with van der Waals surface area (Å²) in [7, 11) is 0. The monoisotopic (exact) mass is 256 g/mol. The molecule has 100 valence electrons. The molecule has 0 aromatic heterocycles. The van der Waals surface area contributed by atoms with Gasteiger partial charge in [-0.05, 0) is 39.0 Å². The number of rotatable bonds is 3. The molecule has 18 heavy (non-hydrogen) atoms. The van der Waals surface area contributed by atoms with Crippen LogP contribution in [0.5, 0.6) is 0 Å². The van der Waals surface area contributed by atoms with Gasteiger partial charge in [0.2, 0.25) is 0 Å². The first-order valence-corrected chi connectivity index (χ1v) is 5.71. The third kappa shape index (κ3) is 2.78. The van der Waals surface area contributed by atoms with E-state index in [4.69, 9.17) is 20.2 Å². The SMILES string of the molecule is CC1ON(OCc2cc(F)ccc2N)OC1(C)C. The zero-order valence-corrected chi connectivity index (χ0v) is 10.6. The van der Waals surface area contributed by atoms with Crippen molar-refractivity contribution in [1.29, 1.82) is 0 Å². The molecule has 0 spiro atoms. The molecule has 1 aromatic carbocycles. The zero-order valence-electron chi connectivity index (χ0n) is 10.6. The number of hydrogen-bond donors (Lipinski definition) is 1. The first kappa shape index (κ1) is 13.2. The molecule has 0 saturated carbocycles. The Morgan fingerprint density at radius 1 is 1.50 bits per heavy atom. The van der Waals surface area contributed by atoms with Crippen molar-refractivity contribution in [1.82, 2.24) is 5.39 Å². The minimum Gasteiger partial charge on any atom is -0.398 e. The average Bonchev–Trinajstić information content (AvgIpc) is 2.54. The summed E-state index contributed by atoms with van der Waals surface area (Å²) in [5.74, 6) is -0.361. The third-order valence-electron chi connectivity index (χ3n) is 2.96. The van der Waals surface area contributed by atoms with E-state index in [2.05, 4.69) is 0 Å². The smallest absolute Gasteiger partial charge is 0.123 e. The number of hydrogen-bond acceptors (Lipinski definition) is 5. The normalized spacial score (nSPS) is 23.4. The van der Waals surface area contributed by atoms with E-state index in [1.165, 1.54) is 18.2 Å². The molecule has 1 fully saturated rings. The summed E-state index contributed by atoms with van der Waals surface area (Å²) in [6.07, 6.45) is -0.137. The Labute approximate surface area is 105 Å². The predicted octanol–water partition coefficient (Wildman–Crippen LogP) is 2.19. The van der Waals surface area contributed by atoms with E-state index in [1.54, 1.807) is 0 Å². The number of nitrogens with zero attached hydrogens (tertiary/aromatic N) is 1. The van der Waals surface area contributed by atoms with Crippen molar-refractivity contribution in [3.05, 3.63) is 29.6 Å². The topological polar surface area (TPSA) is 57.0 Å². The van der Waals surface area contributed by atoms with Crippen LogP contribution in [0.25, 0.3) is 0 Å². The van der Waals surface area contributed by atoms with Crippen molar-refractivity contribution in [3.63, 3.8) is 0 Å². The van der Waals surface area contributed by atoms with Gasteiger partial charge in [0.05, 0.1) is 5.39 Å². The van der Waals surface area contributed by atoms with Crippen LogP contribution in [0.2, 0.25) is 0 Å². The summed E-state index contributed by atoms with van der Waals surface area (Å²) in [6.45, 7) is 5.72. The fourth-order valence-corrected chi connectivity index (χ4v) is 1.42. The van der Waals surface area contributed by atoms with Crippen molar-refractivity contribution in [3.8, 4) is 0 Å². The van der Waals surface area contributed by atoms with Gasteiger partial charge in [0.15, 0.2) is 0 Å². The molecule has 1 heterocycles. The molecule has 1 unspecified atom stereocenters. The average molecular weight is 256 g/mol. The van der Waals surface area contributed by atoms with Crippen molar-refractivity contribution in [2.24, 2.45) is 0 Å². The van der Waals surface area contributed by atoms with Crippen LogP contribution in [0.4, 0.5) is 10.1 Å². The van der Waals surface area contributed by atoms with Gasteiger partial charge in [-0.15, -0.1) is 0 Å². The van der Waals surface area contributed by atoms with E-state index in [0.29, 0.717) is 11.3 Å². The van der Waals surface area contributed by atoms with Gasteiger partial charge in [0.25, 0.3) is 0 Å². The van der Waals surface area contributed by atoms with Crippen molar-refractivity contribution in [2.75, 3.05) is 5.73 Å². The number of benzene rings is 1. The standard InChI is InChI=1S/C12H17FN2O3/c1-8-12(2,3)18-15(17-8)16-7-9-6-10(13)4-5-11(9)14/h4-6,8H,7,14H2,1-3H3. The molecule has 6 heteroatoms. The second-order valence-electron chi connectivity index (χ2n) is 4.78. The van der Waals surface area contributed by atoms with Crippen LogP contribution < -0.4 is 5.73 Å². The van der Waals surface area contributed by atoms with Crippen molar-refractivity contribution < 1.29 is 18.9 Å².